The molecule has 1 aromatic rings. The van der Waals surface area contributed by atoms with Crippen LogP contribution in [-0.2, 0) is 11.3 Å². The molecule has 3 N–H and O–H groups in total. The van der Waals surface area contributed by atoms with Crippen LogP contribution in [0.4, 0.5) is 0 Å². The number of carbonyl (C=O) groups excluding carboxylic acids is 1. The van der Waals surface area contributed by atoms with Crippen LogP contribution in [0.2, 0.25) is 0 Å². The molecule has 0 aliphatic carbocycles. The van der Waals surface area contributed by atoms with Crippen molar-refractivity contribution < 1.29 is 19.0 Å². The number of likely N-dealkylation sites (tertiary alicyclic amines) is 1. The summed E-state index contributed by atoms with van der Waals surface area (Å²) in [6.07, 6.45) is 1.83. The quantitative estimate of drug-likeness (QED) is 0.460. The van der Waals surface area contributed by atoms with Crippen LogP contribution in [0.25, 0.3) is 0 Å². The van der Waals surface area contributed by atoms with E-state index in [1.165, 1.54) is 0 Å². The summed E-state index contributed by atoms with van der Waals surface area (Å²) in [5, 5.41) is 0. The van der Waals surface area contributed by atoms with Crippen molar-refractivity contribution in [2.45, 2.75) is 19.4 Å². The minimum absolute atomic E-state index is 0.0695. The average molecular weight is 323 g/mol. The van der Waals surface area contributed by atoms with Gasteiger partial charge in [0.2, 0.25) is 11.7 Å². The first kappa shape index (κ1) is 17.4. The van der Waals surface area contributed by atoms with Gasteiger partial charge in [-0.25, -0.2) is 5.84 Å². The Morgan fingerprint density at radius 2 is 2.00 bits per heavy atom. The van der Waals surface area contributed by atoms with Gasteiger partial charge >= 0.3 is 0 Å². The zero-order chi connectivity index (χ0) is 16.8. The fourth-order valence-corrected chi connectivity index (χ4v) is 3.06. The third-order valence-electron chi connectivity index (χ3n) is 4.20. The molecule has 1 aliphatic heterocycles. The second kappa shape index (κ2) is 8.03. The minimum atomic E-state index is -0.103. The molecule has 7 heteroatoms. The van der Waals surface area contributed by atoms with E-state index in [1.807, 2.05) is 12.1 Å². The lowest BCUT2D eigenvalue weighted by Gasteiger charge is -2.32. The summed E-state index contributed by atoms with van der Waals surface area (Å²) in [4.78, 5) is 14.0. The standard InChI is InChI=1S/C16H25N3O4/c1-21-13-7-6-11(14(22-2)15(13)23-3)9-19-8-4-5-12(10-19)16(20)18-17/h6-7,12H,4-5,8-10,17H2,1-3H3,(H,18,20)/t12-/m0/s1. The highest BCUT2D eigenvalue weighted by Gasteiger charge is 2.26. The molecule has 0 bridgehead atoms. The predicted octanol–water partition coefficient (Wildman–Crippen LogP) is 0.914. The van der Waals surface area contributed by atoms with Crippen LogP contribution in [-0.4, -0.2) is 45.2 Å². The zero-order valence-corrected chi connectivity index (χ0v) is 13.9. The molecule has 1 amide bonds. The van der Waals surface area contributed by atoms with Crippen LogP contribution in [0.3, 0.4) is 0 Å². The van der Waals surface area contributed by atoms with Gasteiger partial charge in [-0.05, 0) is 25.5 Å². The number of methoxy groups -OCH3 is 3. The molecule has 0 radical (unpaired) electrons. The SMILES string of the molecule is COc1ccc(CN2CCC[C@H](C(=O)NN)C2)c(OC)c1OC. The van der Waals surface area contributed by atoms with Gasteiger partial charge in [-0.2, -0.15) is 0 Å². The number of rotatable bonds is 6. The van der Waals surface area contributed by atoms with Crippen molar-refractivity contribution in [2.75, 3.05) is 34.4 Å². The van der Waals surface area contributed by atoms with Crippen molar-refractivity contribution >= 4 is 5.91 Å². The largest absolute Gasteiger partial charge is 0.493 e. The number of ether oxygens (including phenoxy) is 3. The fraction of sp³-hybridized carbons (Fsp3) is 0.562. The van der Waals surface area contributed by atoms with Crippen LogP contribution in [0.1, 0.15) is 18.4 Å². The molecule has 0 saturated carbocycles. The molecule has 0 spiro atoms. The first-order valence-electron chi connectivity index (χ1n) is 7.65. The topological polar surface area (TPSA) is 86.1 Å². The van der Waals surface area contributed by atoms with Crippen molar-refractivity contribution in [1.29, 1.82) is 0 Å². The van der Waals surface area contributed by atoms with Gasteiger partial charge in [0.15, 0.2) is 11.5 Å². The van der Waals surface area contributed by atoms with E-state index in [0.29, 0.717) is 30.3 Å². The van der Waals surface area contributed by atoms with Gasteiger partial charge in [0, 0.05) is 18.7 Å². The van der Waals surface area contributed by atoms with Crippen LogP contribution >= 0.6 is 0 Å². The van der Waals surface area contributed by atoms with Gasteiger partial charge in [0.05, 0.1) is 27.2 Å². The first-order chi connectivity index (χ1) is 11.1. The van der Waals surface area contributed by atoms with Gasteiger partial charge in [0.25, 0.3) is 0 Å². The van der Waals surface area contributed by atoms with Gasteiger partial charge in [-0.1, -0.05) is 6.07 Å². The Hall–Kier alpha value is -1.99. The van der Waals surface area contributed by atoms with E-state index in [4.69, 9.17) is 20.1 Å². The summed E-state index contributed by atoms with van der Waals surface area (Å²) in [5.74, 6) is 6.96. The lowest BCUT2D eigenvalue weighted by atomic mass is 9.97. The van der Waals surface area contributed by atoms with E-state index >= 15 is 0 Å². The number of amides is 1. The Morgan fingerprint density at radius 3 is 2.61 bits per heavy atom. The number of piperidine rings is 1. The summed E-state index contributed by atoms with van der Waals surface area (Å²) >= 11 is 0. The molecular formula is C16H25N3O4. The number of hydrogen-bond acceptors (Lipinski definition) is 6. The van der Waals surface area contributed by atoms with Crippen molar-refractivity contribution in [3.63, 3.8) is 0 Å². The lowest BCUT2D eigenvalue weighted by Crippen LogP contribution is -2.44. The molecule has 23 heavy (non-hydrogen) atoms. The van der Waals surface area contributed by atoms with Crippen molar-refractivity contribution in [2.24, 2.45) is 11.8 Å². The average Bonchev–Trinajstić information content (AvgIpc) is 2.60. The molecule has 1 aromatic carbocycles. The Morgan fingerprint density at radius 1 is 1.26 bits per heavy atom. The first-order valence-corrected chi connectivity index (χ1v) is 7.65. The smallest absolute Gasteiger partial charge is 0.238 e. The van der Waals surface area contributed by atoms with E-state index in [1.54, 1.807) is 21.3 Å². The molecule has 7 nitrogen and oxygen atoms in total. The number of benzene rings is 1. The molecule has 1 fully saturated rings. The summed E-state index contributed by atoms with van der Waals surface area (Å²) in [7, 11) is 4.80. The van der Waals surface area contributed by atoms with Crippen molar-refractivity contribution in [3.05, 3.63) is 17.7 Å². The highest BCUT2D eigenvalue weighted by atomic mass is 16.5. The van der Waals surface area contributed by atoms with Gasteiger partial charge < -0.3 is 14.2 Å². The number of nitrogens with zero attached hydrogens (tertiary/aromatic N) is 1. The van der Waals surface area contributed by atoms with E-state index in [9.17, 15) is 4.79 Å². The number of hydrazine groups is 1. The Balaban J connectivity index is 2.17. The van der Waals surface area contributed by atoms with Crippen LogP contribution in [0.5, 0.6) is 17.2 Å². The van der Waals surface area contributed by atoms with Gasteiger partial charge in [0.1, 0.15) is 0 Å². The van der Waals surface area contributed by atoms with Crippen molar-refractivity contribution in [1.82, 2.24) is 10.3 Å². The van der Waals surface area contributed by atoms with E-state index < -0.39 is 0 Å². The molecule has 2 rings (SSSR count). The maximum absolute atomic E-state index is 11.7. The van der Waals surface area contributed by atoms with Crippen molar-refractivity contribution in [3.8, 4) is 17.2 Å². The number of hydrogen-bond donors (Lipinski definition) is 2. The molecule has 128 valence electrons. The maximum atomic E-state index is 11.7. The van der Waals surface area contributed by atoms with E-state index in [-0.39, 0.29) is 11.8 Å². The molecular weight excluding hydrogens is 298 g/mol. The third-order valence-corrected chi connectivity index (χ3v) is 4.20. The summed E-state index contributed by atoms with van der Waals surface area (Å²) < 4.78 is 16.2. The van der Waals surface area contributed by atoms with Crippen LogP contribution in [0, 0.1) is 5.92 Å². The van der Waals surface area contributed by atoms with E-state index in [2.05, 4.69) is 10.3 Å². The minimum Gasteiger partial charge on any atom is -0.493 e. The fourth-order valence-electron chi connectivity index (χ4n) is 3.06. The van der Waals surface area contributed by atoms with Gasteiger partial charge in [-0.3, -0.25) is 15.1 Å². The van der Waals surface area contributed by atoms with Crippen LogP contribution in [0.15, 0.2) is 12.1 Å². The number of nitrogens with two attached hydrogens (primary N) is 1. The summed E-state index contributed by atoms with van der Waals surface area (Å²) in [6.45, 7) is 2.30. The van der Waals surface area contributed by atoms with Crippen LogP contribution < -0.4 is 25.5 Å². The maximum Gasteiger partial charge on any atom is 0.238 e. The second-order valence-electron chi connectivity index (χ2n) is 5.58. The molecule has 1 atom stereocenters. The highest BCUT2D eigenvalue weighted by Crippen LogP contribution is 2.40. The third kappa shape index (κ3) is 3.86. The molecule has 1 heterocycles. The second-order valence-corrected chi connectivity index (χ2v) is 5.58. The normalized spacial score (nSPS) is 18.3. The molecule has 1 aliphatic rings. The predicted molar refractivity (Wildman–Crippen MR) is 86.4 cm³/mol. The summed E-state index contributed by atoms with van der Waals surface area (Å²) in [5.41, 5.74) is 3.25. The summed E-state index contributed by atoms with van der Waals surface area (Å²) in [6, 6.07) is 3.83. The van der Waals surface area contributed by atoms with Gasteiger partial charge in [-0.15, -0.1) is 0 Å². The Kier molecular flexibility index (Phi) is 6.06. The molecule has 1 saturated heterocycles. The Labute approximate surface area is 136 Å². The lowest BCUT2D eigenvalue weighted by molar-refractivity contribution is -0.126. The van der Waals surface area contributed by atoms with E-state index in [0.717, 1.165) is 24.9 Å². The highest BCUT2D eigenvalue weighted by molar-refractivity contribution is 5.78. The zero-order valence-electron chi connectivity index (χ0n) is 13.9. The molecule has 0 unspecified atom stereocenters. The Bertz CT molecular complexity index is 550. The monoisotopic (exact) mass is 323 g/mol. The molecule has 0 aromatic heterocycles. The number of carbonyl (C=O) groups is 1. The number of nitrogens with one attached hydrogen (secondary N) is 1.